The number of likely N-dealkylation sites (tertiary alicyclic amines) is 1. The number of nitrogens with zero attached hydrogens (tertiary/aromatic N) is 1. The van der Waals surface area contributed by atoms with Gasteiger partial charge in [-0.2, -0.15) is 0 Å². The molecule has 1 spiro atoms. The second-order valence-electron chi connectivity index (χ2n) is 7.98. The molecule has 150 valence electrons. The molecule has 1 aromatic rings. The summed E-state index contributed by atoms with van der Waals surface area (Å²) in [4.78, 5) is 27.1. The zero-order chi connectivity index (χ0) is 19.8. The predicted molar refractivity (Wildman–Crippen MR) is 102 cm³/mol. The molecule has 1 N–H and O–H groups in total. The van der Waals surface area contributed by atoms with Gasteiger partial charge in [0.1, 0.15) is 6.61 Å². The molecule has 0 radical (unpaired) electrons. The second kappa shape index (κ2) is 6.07. The highest BCUT2D eigenvalue weighted by atomic mass is 35.6. The van der Waals surface area contributed by atoms with Gasteiger partial charge in [0, 0.05) is 24.6 Å². The van der Waals surface area contributed by atoms with Crippen LogP contribution in [-0.4, -0.2) is 51.0 Å². The van der Waals surface area contributed by atoms with Crippen molar-refractivity contribution in [3.8, 4) is 11.5 Å². The number of carbonyl (C=O) groups is 2. The van der Waals surface area contributed by atoms with Crippen LogP contribution in [0, 0.1) is 5.92 Å². The summed E-state index contributed by atoms with van der Waals surface area (Å²) in [5, 5.41) is 10.3. The highest BCUT2D eigenvalue weighted by Crippen LogP contribution is 2.63. The number of hydrogen-bond donors (Lipinski definition) is 1. The highest BCUT2D eigenvalue weighted by molar-refractivity contribution is 6.67. The first-order chi connectivity index (χ1) is 13.2. The third-order valence-electron chi connectivity index (χ3n) is 6.70. The van der Waals surface area contributed by atoms with E-state index in [-0.39, 0.29) is 30.1 Å². The Morgan fingerprint density at radius 2 is 2.18 bits per heavy atom. The molecule has 4 unspecified atom stereocenters. The van der Waals surface area contributed by atoms with Gasteiger partial charge < -0.3 is 19.5 Å². The van der Waals surface area contributed by atoms with Crippen molar-refractivity contribution in [3.63, 3.8) is 0 Å². The molecule has 28 heavy (non-hydrogen) atoms. The number of alkyl halides is 3. The van der Waals surface area contributed by atoms with Gasteiger partial charge in [-0.25, -0.2) is 4.79 Å². The molecule has 2 heterocycles. The van der Waals surface area contributed by atoms with E-state index in [0.29, 0.717) is 38.0 Å². The first-order valence-electron chi connectivity index (χ1n) is 9.27. The number of benzene rings is 1. The molecule has 2 fully saturated rings. The number of phenolic OH excluding ortho intramolecular Hbond substituents is 1. The lowest BCUT2D eigenvalue weighted by atomic mass is 9.51. The Kier molecular flexibility index (Phi) is 4.04. The van der Waals surface area contributed by atoms with Gasteiger partial charge in [-0.05, 0) is 36.8 Å². The van der Waals surface area contributed by atoms with E-state index in [4.69, 9.17) is 44.3 Å². The number of hydrogen-bond acceptors (Lipinski definition) is 5. The van der Waals surface area contributed by atoms with E-state index in [9.17, 15) is 14.7 Å². The largest absolute Gasteiger partial charge is 0.504 e. The Morgan fingerprint density at radius 1 is 1.39 bits per heavy atom. The van der Waals surface area contributed by atoms with Gasteiger partial charge >= 0.3 is 6.09 Å². The fourth-order valence-electron chi connectivity index (χ4n) is 5.78. The first-order valence-corrected chi connectivity index (χ1v) is 10.4. The van der Waals surface area contributed by atoms with E-state index in [2.05, 4.69) is 0 Å². The molecule has 5 rings (SSSR count). The van der Waals surface area contributed by atoms with Gasteiger partial charge in [-0.15, -0.1) is 0 Å². The average molecular weight is 447 g/mol. The Balaban J connectivity index is 1.55. The van der Waals surface area contributed by atoms with E-state index in [0.717, 1.165) is 11.1 Å². The predicted octanol–water partition coefficient (Wildman–Crippen LogP) is 3.51. The van der Waals surface area contributed by atoms with Gasteiger partial charge in [-0.1, -0.05) is 40.9 Å². The number of amides is 1. The average Bonchev–Trinajstić information content (AvgIpc) is 2.98. The molecule has 2 aliphatic carbocycles. The first kappa shape index (κ1) is 18.6. The minimum absolute atomic E-state index is 0.0554. The van der Waals surface area contributed by atoms with Crippen LogP contribution in [0.4, 0.5) is 4.79 Å². The van der Waals surface area contributed by atoms with Crippen LogP contribution in [0.25, 0.3) is 0 Å². The molecule has 1 saturated heterocycles. The number of piperidine rings is 1. The molecular weight excluding hydrogens is 429 g/mol. The van der Waals surface area contributed by atoms with Crippen molar-refractivity contribution in [1.29, 1.82) is 0 Å². The zero-order valence-electron chi connectivity index (χ0n) is 14.8. The summed E-state index contributed by atoms with van der Waals surface area (Å²) in [7, 11) is 0. The fourth-order valence-corrected chi connectivity index (χ4v) is 5.95. The third-order valence-corrected chi connectivity index (χ3v) is 7.03. The van der Waals surface area contributed by atoms with Crippen LogP contribution in [0.15, 0.2) is 12.1 Å². The van der Waals surface area contributed by atoms with Crippen molar-refractivity contribution in [3.05, 3.63) is 23.3 Å². The maximum atomic E-state index is 12.7. The number of phenols is 1. The maximum absolute atomic E-state index is 12.7. The highest BCUT2D eigenvalue weighted by Gasteiger charge is 2.66. The number of ether oxygens (including phenoxy) is 2. The number of ketones is 1. The standard InChI is InChI=1S/C19H18Cl3NO5/c20-19(21,22)8-27-17(26)23-6-5-18-10-2-4-13(25)16(18)28-15-12(24)3-1-9(14(15)18)7-11(10)23/h1,3,10-11,16,24H,2,4-8H2. The summed E-state index contributed by atoms with van der Waals surface area (Å²) >= 11 is 17.1. The van der Waals surface area contributed by atoms with E-state index in [1.165, 1.54) is 0 Å². The Hall–Kier alpha value is -1.37. The minimum Gasteiger partial charge on any atom is -0.504 e. The Morgan fingerprint density at radius 3 is 2.93 bits per heavy atom. The lowest BCUT2D eigenvalue weighted by Gasteiger charge is -2.57. The van der Waals surface area contributed by atoms with Crippen molar-refractivity contribution in [2.24, 2.45) is 5.92 Å². The molecule has 1 amide bonds. The van der Waals surface area contributed by atoms with Gasteiger partial charge in [0.25, 0.3) is 0 Å². The summed E-state index contributed by atoms with van der Waals surface area (Å²) in [6.45, 7) is 0.0931. The number of aromatic hydroxyl groups is 1. The zero-order valence-corrected chi connectivity index (χ0v) is 17.1. The molecule has 6 nitrogen and oxygen atoms in total. The normalized spacial score (nSPS) is 32.6. The number of rotatable bonds is 1. The smallest absolute Gasteiger partial charge is 0.410 e. The third kappa shape index (κ3) is 2.47. The van der Waals surface area contributed by atoms with E-state index < -0.39 is 21.4 Å². The van der Waals surface area contributed by atoms with Crippen molar-refractivity contribution in [2.45, 2.75) is 47.0 Å². The molecule has 9 heteroatoms. The van der Waals surface area contributed by atoms with Crippen molar-refractivity contribution in [1.82, 2.24) is 4.90 Å². The van der Waals surface area contributed by atoms with E-state index in [1.54, 1.807) is 11.0 Å². The van der Waals surface area contributed by atoms with E-state index >= 15 is 0 Å². The summed E-state index contributed by atoms with van der Waals surface area (Å²) < 4.78 is 9.59. The summed E-state index contributed by atoms with van der Waals surface area (Å²) in [5.41, 5.74) is 1.47. The summed E-state index contributed by atoms with van der Waals surface area (Å²) in [6.07, 6.45) is 1.14. The van der Waals surface area contributed by atoms with E-state index in [1.807, 2.05) is 6.07 Å². The number of halogens is 3. The SMILES string of the molecule is O=C1CCC2C3Cc4ccc(O)c5c4C2(CCN3C(=O)OCC(Cl)(Cl)Cl)C1O5. The molecule has 2 aliphatic heterocycles. The van der Waals surface area contributed by atoms with Gasteiger partial charge in [0.15, 0.2) is 23.4 Å². The topological polar surface area (TPSA) is 76.1 Å². The Labute approximate surface area is 176 Å². The van der Waals surface area contributed by atoms with Crippen LogP contribution in [0.1, 0.15) is 30.4 Å². The van der Waals surface area contributed by atoms with Crippen LogP contribution in [0.5, 0.6) is 11.5 Å². The number of Topliss-reactive ketones (excluding diaryl/α,β-unsaturated/α-hetero) is 1. The summed E-state index contributed by atoms with van der Waals surface area (Å²) in [6, 6.07) is 3.33. The maximum Gasteiger partial charge on any atom is 0.410 e. The molecule has 1 aromatic carbocycles. The Bertz CT molecular complexity index is 885. The fraction of sp³-hybridized carbons (Fsp3) is 0.579. The second-order valence-corrected chi connectivity index (χ2v) is 10.5. The molecule has 4 aliphatic rings. The van der Waals surface area contributed by atoms with Crippen LogP contribution >= 0.6 is 34.8 Å². The lowest BCUT2D eigenvalue weighted by Crippen LogP contribution is -2.67. The molecule has 4 atom stereocenters. The minimum atomic E-state index is -1.67. The van der Waals surface area contributed by atoms with Crippen LogP contribution < -0.4 is 4.74 Å². The molecular formula is C19H18Cl3NO5. The quantitative estimate of drug-likeness (QED) is 0.668. The molecule has 0 aromatic heterocycles. The van der Waals surface area contributed by atoms with Crippen LogP contribution in [-0.2, 0) is 21.4 Å². The monoisotopic (exact) mass is 445 g/mol. The lowest BCUT2D eigenvalue weighted by molar-refractivity contribution is -0.138. The molecule has 1 saturated carbocycles. The van der Waals surface area contributed by atoms with Gasteiger partial charge in [0.2, 0.25) is 3.79 Å². The van der Waals surface area contributed by atoms with Gasteiger partial charge in [-0.3, -0.25) is 4.79 Å². The van der Waals surface area contributed by atoms with Crippen LogP contribution in [0.3, 0.4) is 0 Å². The summed E-state index contributed by atoms with van der Waals surface area (Å²) in [5.74, 6) is 0.621. The van der Waals surface area contributed by atoms with Gasteiger partial charge in [0.05, 0.1) is 5.41 Å². The van der Waals surface area contributed by atoms with Crippen LogP contribution in [0.2, 0.25) is 0 Å². The molecule has 2 bridgehead atoms. The van der Waals surface area contributed by atoms with Crippen molar-refractivity contribution < 1.29 is 24.2 Å². The number of carbonyl (C=O) groups excluding carboxylic acids is 2. The van der Waals surface area contributed by atoms with Crippen molar-refractivity contribution in [2.75, 3.05) is 13.2 Å². The van der Waals surface area contributed by atoms with Crippen molar-refractivity contribution >= 4 is 46.7 Å².